The predicted molar refractivity (Wildman–Crippen MR) is 45.0 cm³/mol. The van der Waals surface area contributed by atoms with E-state index in [0.717, 1.165) is 39.3 Å². The van der Waals surface area contributed by atoms with Gasteiger partial charge in [-0.2, -0.15) is 0 Å². The molecule has 0 N–H and O–H groups in total. The maximum absolute atomic E-state index is 5.22. The maximum atomic E-state index is 5.22. The van der Waals surface area contributed by atoms with Crippen LogP contribution < -0.4 is 0 Å². The van der Waals surface area contributed by atoms with Crippen LogP contribution in [0.25, 0.3) is 0 Å². The highest BCUT2D eigenvalue weighted by molar-refractivity contribution is 5.01. The Hall–Kier alpha value is -0.520. The van der Waals surface area contributed by atoms with Crippen LogP contribution in [-0.4, -0.2) is 37.7 Å². The Morgan fingerprint density at radius 2 is 2.09 bits per heavy atom. The van der Waals surface area contributed by atoms with E-state index in [9.17, 15) is 0 Å². The standard InChI is InChI=1S/C9H14NO/c1-2-3-4-5-10-6-8-11-9-7-10/h1,4-9H2. The monoisotopic (exact) mass is 152 g/mol. The molecule has 1 aliphatic rings. The second kappa shape index (κ2) is 5.17. The first-order valence-corrected chi connectivity index (χ1v) is 3.98. The van der Waals surface area contributed by atoms with Gasteiger partial charge in [-0.15, -0.1) is 11.8 Å². The Morgan fingerprint density at radius 1 is 1.36 bits per heavy atom. The number of ether oxygens (including phenoxy) is 1. The molecule has 0 aromatic heterocycles. The molecule has 1 rings (SSSR count). The van der Waals surface area contributed by atoms with E-state index in [4.69, 9.17) is 4.74 Å². The second-order valence-electron chi connectivity index (χ2n) is 2.56. The van der Waals surface area contributed by atoms with Crippen molar-refractivity contribution in [1.29, 1.82) is 0 Å². The molecule has 0 aromatic carbocycles. The van der Waals surface area contributed by atoms with Gasteiger partial charge in [0.15, 0.2) is 0 Å². The maximum Gasteiger partial charge on any atom is 0.0594 e. The summed E-state index contributed by atoms with van der Waals surface area (Å²) < 4.78 is 5.22. The molecular weight excluding hydrogens is 138 g/mol. The number of hydrogen-bond acceptors (Lipinski definition) is 2. The number of hydrogen-bond donors (Lipinski definition) is 0. The van der Waals surface area contributed by atoms with E-state index in [0.29, 0.717) is 0 Å². The summed E-state index contributed by atoms with van der Waals surface area (Å²) in [4.78, 5) is 2.37. The van der Waals surface area contributed by atoms with Crippen LogP contribution in [0.2, 0.25) is 0 Å². The second-order valence-corrected chi connectivity index (χ2v) is 2.56. The molecule has 0 aromatic rings. The molecule has 2 heteroatoms. The zero-order valence-corrected chi connectivity index (χ0v) is 6.81. The summed E-state index contributed by atoms with van der Waals surface area (Å²) in [5, 5.41) is 0. The largest absolute Gasteiger partial charge is 0.379 e. The van der Waals surface area contributed by atoms with Gasteiger partial charge in [-0.05, 0) is 0 Å². The van der Waals surface area contributed by atoms with Crippen molar-refractivity contribution in [3.63, 3.8) is 0 Å². The van der Waals surface area contributed by atoms with Crippen LogP contribution in [0.4, 0.5) is 0 Å². The highest BCUT2D eigenvalue weighted by atomic mass is 16.5. The van der Waals surface area contributed by atoms with Gasteiger partial charge < -0.3 is 4.74 Å². The van der Waals surface area contributed by atoms with Crippen molar-refractivity contribution in [2.45, 2.75) is 6.42 Å². The van der Waals surface area contributed by atoms with Crippen molar-refractivity contribution in [2.24, 2.45) is 0 Å². The SMILES string of the molecule is [CH2]C#CCCN1CCOCC1. The lowest BCUT2D eigenvalue weighted by Gasteiger charge is -2.25. The van der Waals surface area contributed by atoms with Gasteiger partial charge in [0, 0.05) is 33.0 Å². The van der Waals surface area contributed by atoms with Crippen LogP contribution in [-0.2, 0) is 4.74 Å². The van der Waals surface area contributed by atoms with Gasteiger partial charge >= 0.3 is 0 Å². The molecule has 0 saturated carbocycles. The molecule has 0 spiro atoms. The molecule has 0 amide bonds. The van der Waals surface area contributed by atoms with Crippen LogP contribution in [0.5, 0.6) is 0 Å². The van der Waals surface area contributed by atoms with E-state index in [-0.39, 0.29) is 0 Å². The zero-order valence-electron chi connectivity index (χ0n) is 6.81. The van der Waals surface area contributed by atoms with E-state index >= 15 is 0 Å². The van der Waals surface area contributed by atoms with Gasteiger partial charge in [0.25, 0.3) is 0 Å². The van der Waals surface area contributed by atoms with Crippen molar-refractivity contribution in [2.75, 3.05) is 32.8 Å². The third-order valence-electron chi connectivity index (χ3n) is 1.78. The topological polar surface area (TPSA) is 12.5 Å². The summed E-state index contributed by atoms with van der Waals surface area (Å²) in [6, 6.07) is 0. The molecule has 0 unspecified atom stereocenters. The van der Waals surface area contributed by atoms with Crippen LogP contribution in [0.1, 0.15) is 6.42 Å². The summed E-state index contributed by atoms with van der Waals surface area (Å²) in [6.45, 7) is 8.38. The van der Waals surface area contributed by atoms with Crippen molar-refractivity contribution >= 4 is 0 Å². The van der Waals surface area contributed by atoms with E-state index in [1.165, 1.54) is 0 Å². The Labute approximate surface area is 68.5 Å². The number of rotatable bonds is 2. The van der Waals surface area contributed by atoms with E-state index < -0.39 is 0 Å². The minimum Gasteiger partial charge on any atom is -0.379 e. The highest BCUT2D eigenvalue weighted by Crippen LogP contribution is 1.96. The molecule has 1 aliphatic heterocycles. The third-order valence-corrected chi connectivity index (χ3v) is 1.78. The first-order chi connectivity index (χ1) is 5.43. The lowest BCUT2D eigenvalue weighted by molar-refractivity contribution is 0.0390. The molecule has 11 heavy (non-hydrogen) atoms. The lowest BCUT2D eigenvalue weighted by atomic mass is 10.3. The van der Waals surface area contributed by atoms with Crippen molar-refractivity contribution in [3.8, 4) is 11.8 Å². The Kier molecular flexibility index (Phi) is 4.03. The molecule has 1 radical (unpaired) electrons. The third kappa shape index (κ3) is 3.41. The van der Waals surface area contributed by atoms with Gasteiger partial charge in [-0.3, -0.25) is 4.90 Å². The fraction of sp³-hybridized carbons (Fsp3) is 0.667. The van der Waals surface area contributed by atoms with Gasteiger partial charge in [-0.25, -0.2) is 0 Å². The fourth-order valence-corrected chi connectivity index (χ4v) is 1.13. The smallest absolute Gasteiger partial charge is 0.0594 e. The van der Waals surface area contributed by atoms with Crippen LogP contribution in [0, 0.1) is 18.8 Å². The van der Waals surface area contributed by atoms with Gasteiger partial charge in [0.2, 0.25) is 0 Å². The van der Waals surface area contributed by atoms with Crippen LogP contribution in [0.3, 0.4) is 0 Å². The number of nitrogens with zero attached hydrogens (tertiary/aromatic N) is 1. The summed E-state index contributed by atoms with van der Waals surface area (Å²) >= 11 is 0. The fourth-order valence-electron chi connectivity index (χ4n) is 1.13. The number of morpholine rings is 1. The van der Waals surface area contributed by atoms with E-state index in [1.807, 2.05) is 0 Å². The van der Waals surface area contributed by atoms with Gasteiger partial charge in [0.05, 0.1) is 13.2 Å². The minimum atomic E-state index is 0.873. The van der Waals surface area contributed by atoms with Crippen LogP contribution >= 0.6 is 0 Å². The van der Waals surface area contributed by atoms with Gasteiger partial charge in [0.1, 0.15) is 0 Å². The van der Waals surface area contributed by atoms with E-state index in [1.54, 1.807) is 0 Å². The Balaban J connectivity index is 2.08. The van der Waals surface area contributed by atoms with Crippen molar-refractivity contribution < 1.29 is 4.74 Å². The van der Waals surface area contributed by atoms with Crippen molar-refractivity contribution in [1.82, 2.24) is 4.90 Å². The molecule has 1 fully saturated rings. The molecule has 0 bridgehead atoms. The summed E-state index contributed by atoms with van der Waals surface area (Å²) in [7, 11) is 0. The van der Waals surface area contributed by atoms with Gasteiger partial charge in [-0.1, -0.05) is 0 Å². The zero-order chi connectivity index (χ0) is 7.94. The Bertz CT molecular complexity index is 151. The molecule has 0 atom stereocenters. The molecular formula is C9H14NO. The average molecular weight is 152 g/mol. The van der Waals surface area contributed by atoms with Crippen molar-refractivity contribution in [3.05, 3.63) is 6.92 Å². The summed E-state index contributed by atoms with van der Waals surface area (Å²) in [6.07, 6.45) is 0.934. The Morgan fingerprint density at radius 3 is 2.73 bits per heavy atom. The molecule has 2 nitrogen and oxygen atoms in total. The average Bonchev–Trinajstić information content (AvgIpc) is 2.07. The minimum absolute atomic E-state index is 0.873. The molecule has 1 saturated heterocycles. The quantitative estimate of drug-likeness (QED) is 0.536. The molecule has 61 valence electrons. The first-order valence-electron chi connectivity index (χ1n) is 3.98. The summed E-state index contributed by atoms with van der Waals surface area (Å²) in [5.41, 5.74) is 0. The predicted octanol–water partition coefficient (Wildman–Crippen LogP) is 0.546. The first kappa shape index (κ1) is 8.58. The van der Waals surface area contributed by atoms with E-state index in [2.05, 4.69) is 23.7 Å². The molecule has 0 aliphatic carbocycles. The summed E-state index contributed by atoms with van der Waals surface area (Å²) in [5.74, 6) is 5.60. The van der Waals surface area contributed by atoms with Crippen LogP contribution in [0.15, 0.2) is 0 Å². The molecule has 1 heterocycles. The lowest BCUT2D eigenvalue weighted by Crippen LogP contribution is -2.36. The normalized spacial score (nSPS) is 19.0. The highest BCUT2D eigenvalue weighted by Gasteiger charge is 2.07.